The zero-order valence-corrected chi connectivity index (χ0v) is 11.4. The van der Waals surface area contributed by atoms with E-state index in [2.05, 4.69) is 10.4 Å². The highest BCUT2D eigenvalue weighted by Crippen LogP contribution is 2.29. The van der Waals surface area contributed by atoms with E-state index >= 15 is 0 Å². The molecule has 2 rings (SSSR count). The molecule has 102 valence electrons. The zero-order valence-electron chi connectivity index (χ0n) is 10.6. The Labute approximate surface area is 115 Å². The van der Waals surface area contributed by atoms with Gasteiger partial charge in [-0.05, 0) is 32.2 Å². The molecule has 1 atom stereocenters. The van der Waals surface area contributed by atoms with Crippen LogP contribution < -0.4 is 5.32 Å². The Morgan fingerprint density at radius 3 is 2.79 bits per heavy atom. The summed E-state index contributed by atoms with van der Waals surface area (Å²) in [6, 6.07) is 2.81. The van der Waals surface area contributed by atoms with Crippen LogP contribution in [-0.2, 0) is 6.54 Å². The zero-order chi connectivity index (χ0) is 14.0. The summed E-state index contributed by atoms with van der Waals surface area (Å²) in [6.45, 7) is 2.50. The van der Waals surface area contributed by atoms with Crippen molar-refractivity contribution in [3.63, 3.8) is 0 Å². The molecule has 0 saturated heterocycles. The van der Waals surface area contributed by atoms with Crippen molar-refractivity contribution in [2.45, 2.75) is 19.5 Å². The van der Waals surface area contributed by atoms with Crippen LogP contribution in [0.1, 0.15) is 24.2 Å². The van der Waals surface area contributed by atoms with Gasteiger partial charge in [-0.15, -0.1) is 0 Å². The Morgan fingerprint density at radius 1 is 1.42 bits per heavy atom. The standard InChI is InChI=1S/C13H14ClF2N3/c1-3-19-13(10(14)7-18-19)12(17-2)9-6-8(15)4-5-11(9)16/h4-7,12,17H,3H2,1-2H3. The first-order chi connectivity index (χ1) is 9.08. The van der Waals surface area contributed by atoms with Gasteiger partial charge in [0.25, 0.3) is 0 Å². The van der Waals surface area contributed by atoms with Gasteiger partial charge in [0.15, 0.2) is 0 Å². The highest BCUT2D eigenvalue weighted by atomic mass is 35.5. The second kappa shape index (κ2) is 5.67. The maximum atomic E-state index is 13.9. The van der Waals surface area contributed by atoms with Gasteiger partial charge in [-0.2, -0.15) is 5.10 Å². The minimum atomic E-state index is -0.550. The maximum Gasteiger partial charge on any atom is 0.128 e. The molecular formula is C13H14ClF2N3. The first-order valence-electron chi connectivity index (χ1n) is 5.91. The van der Waals surface area contributed by atoms with Gasteiger partial charge in [0.2, 0.25) is 0 Å². The van der Waals surface area contributed by atoms with Crippen molar-refractivity contribution < 1.29 is 8.78 Å². The molecule has 2 aromatic rings. The number of nitrogens with one attached hydrogen (secondary N) is 1. The summed E-state index contributed by atoms with van der Waals surface area (Å²) in [7, 11) is 1.67. The Bertz CT molecular complexity index is 583. The number of aromatic nitrogens is 2. The molecule has 1 N–H and O–H groups in total. The van der Waals surface area contributed by atoms with E-state index in [0.717, 1.165) is 12.1 Å². The van der Waals surface area contributed by atoms with E-state index < -0.39 is 17.7 Å². The summed E-state index contributed by atoms with van der Waals surface area (Å²) in [5.74, 6) is -0.976. The van der Waals surface area contributed by atoms with Crippen LogP contribution in [0.5, 0.6) is 0 Å². The van der Waals surface area contributed by atoms with Gasteiger partial charge in [0, 0.05) is 12.1 Å². The van der Waals surface area contributed by atoms with Crippen LogP contribution >= 0.6 is 11.6 Å². The third kappa shape index (κ3) is 2.62. The van der Waals surface area contributed by atoms with Gasteiger partial charge >= 0.3 is 0 Å². The van der Waals surface area contributed by atoms with Crippen molar-refractivity contribution in [2.24, 2.45) is 0 Å². The van der Waals surface area contributed by atoms with E-state index in [0.29, 0.717) is 17.3 Å². The fourth-order valence-corrected chi connectivity index (χ4v) is 2.34. The number of aryl methyl sites for hydroxylation is 1. The first-order valence-corrected chi connectivity index (χ1v) is 6.29. The lowest BCUT2D eigenvalue weighted by Crippen LogP contribution is -2.23. The predicted molar refractivity (Wildman–Crippen MR) is 70.2 cm³/mol. The quantitative estimate of drug-likeness (QED) is 0.935. The highest BCUT2D eigenvalue weighted by molar-refractivity contribution is 6.31. The number of hydrogen-bond donors (Lipinski definition) is 1. The first kappa shape index (κ1) is 14.0. The molecule has 0 fully saturated rings. The number of nitrogens with zero attached hydrogens (tertiary/aromatic N) is 2. The van der Waals surface area contributed by atoms with Crippen LogP contribution in [0, 0.1) is 11.6 Å². The molecule has 1 aromatic carbocycles. The molecule has 19 heavy (non-hydrogen) atoms. The van der Waals surface area contributed by atoms with Crippen LogP contribution in [0.4, 0.5) is 8.78 Å². The molecule has 0 aliphatic rings. The fraction of sp³-hybridized carbons (Fsp3) is 0.308. The molecule has 0 aliphatic heterocycles. The molecule has 0 bridgehead atoms. The van der Waals surface area contributed by atoms with E-state index in [1.54, 1.807) is 11.7 Å². The van der Waals surface area contributed by atoms with Crippen LogP contribution in [0.25, 0.3) is 0 Å². The fourth-order valence-electron chi connectivity index (χ4n) is 2.09. The number of halogens is 3. The monoisotopic (exact) mass is 285 g/mol. The summed E-state index contributed by atoms with van der Waals surface area (Å²) < 4.78 is 28.9. The maximum absolute atomic E-state index is 13.9. The van der Waals surface area contributed by atoms with Crippen molar-refractivity contribution in [1.29, 1.82) is 0 Å². The predicted octanol–water partition coefficient (Wildman–Crippen LogP) is 3.14. The number of benzene rings is 1. The molecule has 0 amide bonds. The molecule has 6 heteroatoms. The van der Waals surface area contributed by atoms with E-state index in [-0.39, 0.29) is 5.56 Å². The smallest absolute Gasteiger partial charge is 0.128 e. The summed E-state index contributed by atoms with van der Waals surface area (Å²) in [6.07, 6.45) is 1.50. The van der Waals surface area contributed by atoms with Crippen LogP contribution in [0.15, 0.2) is 24.4 Å². The average Bonchev–Trinajstić information content (AvgIpc) is 2.76. The van der Waals surface area contributed by atoms with Gasteiger partial charge < -0.3 is 5.32 Å². The highest BCUT2D eigenvalue weighted by Gasteiger charge is 2.23. The second-order valence-electron chi connectivity index (χ2n) is 4.08. The summed E-state index contributed by atoms with van der Waals surface area (Å²) in [5, 5.41) is 7.48. The van der Waals surface area contributed by atoms with Crippen molar-refractivity contribution >= 4 is 11.6 Å². The molecule has 0 saturated carbocycles. The normalized spacial score (nSPS) is 12.7. The Kier molecular flexibility index (Phi) is 4.17. The lowest BCUT2D eigenvalue weighted by atomic mass is 10.0. The van der Waals surface area contributed by atoms with Crippen molar-refractivity contribution in [3.8, 4) is 0 Å². The molecule has 3 nitrogen and oxygen atoms in total. The molecule has 0 spiro atoms. The van der Waals surface area contributed by atoms with Gasteiger partial charge in [-0.25, -0.2) is 8.78 Å². The van der Waals surface area contributed by atoms with Crippen LogP contribution in [-0.4, -0.2) is 16.8 Å². The lowest BCUT2D eigenvalue weighted by molar-refractivity contribution is 0.525. The largest absolute Gasteiger partial charge is 0.308 e. The molecule has 1 aromatic heterocycles. The SMILES string of the molecule is CCn1ncc(Cl)c1C(NC)c1cc(F)ccc1F. The van der Waals surface area contributed by atoms with Crippen LogP contribution in [0.2, 0.25) is 5.02 Å². The molecule has 0 aliphatic carbocycles. The molecule has 1 heterocycles. The van der Waals surface area contributed by atoms with Gasteiger partial charge in [-0.1, -0.05) is 11.6 Å². The second-order valence-corrected chi connectivity index (χ2v) is 4.49. The third-order valence-corrected chi connectivity index (χ3v) is 3.26. The third-order valence-electron chi connectivity index (χ3n) is 2.96. The summed E-state index contributed by atoms with van der Waals surface area (Å²) in [5.41, 5.74) is 0.829. The molecule has 0 radical (unpaired) electrons. The van der Waals surface area contributed by atoms with Gasteiger partial charge in [0.1, 0.15) is 11.6 Å². The Balaban J connectivity index is 2.56. The average molecular weight is 286 g/mol. The van der Waals surface area contributed by atoms with Crippen LogP contribution in [0.3, 0.4) is 0 Å². The Morgan fingerprint density at radius 2 is 2.16 bits per heavy atom. The lowest BCUT2D eigenvalue weighted by Gasteiger charge is -2.19. The van der Waals surface area contributed by atoms with Gasteiger partial charge in [0.05, 0.1) is 23.0 Å². The Hall–Kier alpha value is -1.46. The summed E-state index contributed by atoms with van der Waals surface area (Å²) >= 11 is 6.10. The topological polar surface area (TPSA) is 29.9 Å². The van der Waals surface area contributed by atoms with E-state index in [4.69, 9.17) is 11.6 Å². The number of hydrogen-bond acceptors (Lipinski definition) is 2. The van der Waals surface area contributed by atoms with Gasteiger partial charge in [-0.3, -0.25) is 4.68 Å². The van der Waals surface area contributed by atoms with Crippen molar-refractivity contribution in [3.05, 3.63) is 52.3 Å². The van der Waals surface area contributed by atoms with Crippen molar-refractivity contribution in [2.75, 3.05) is 7.05 Å². The molecular weight excluding hydrogens is 272 g/mol. The minimum absolute atomic E-state index is 0.208. The number of rotatable bonds is 4. The van der Waals surface area contributed by atoms with Crippen molar-refractivity contribution in [1.82, 2.24) is 15.1 Å². The van der Waals surface area contributed by atoms with E-state index in [1.165, 1.54) is 12.3 Å². The van der Waals surface area contributed by atoms with E-state index in [9.17, 15) is 8.78 Å². The summed E-state index contributed by atoms with van der Waals surface area (Å²) in [4.78, 5) is 0. The van der Waals surface area contributed by atoms with E-state index in [1.807, 2.05) is 6.92 Å². The minimum Gasteiger partial charge on any atom is -0.308 e. The molecule has 1 unspecified atom stereocenters.